The average Bonchev–Trinajstić information content (AvgIpc) is 3.25. The standard InChI is InChI=1S/C15H22ClN3O/c1-9-13(16)18-15(11-5-6-11)19-14(9)17-8-10-3-2-4-12(20)7-10/h10-12,20H,2-8H2,1H3,(H,17,18,19). The Bertz CT molecular complexity index is 490. The second-order valence-electron chi connectivity index (χ2n) is 6.19. The van der Waals surface area contributed by atoms with E-state index in [1.807, 2.05) is 6.92 Å². The van der Waals surface area contributed by atoms with Gasteiger partial charge in [-0.3, -0.25) is 0 Å². The van der Waals surface area contributed by atoms with E-state index in [2.05, 4.69) is 15.3 Å². The van der Waals surface area contributed by atoms with Crippen LogP contribution in [0, 0.1) is 12.8 Å². The third kappa shape index (κ3) is 3.23. The van der Waals surface area contributed by atoms with Crippen LogP contribution < -0.4 is 5.32 Å². The quantitative estimate of drug-likeness (QED) is 0.837. The molecule has 1 heterocycles. The van der Waals surface area contributed by atoms with E-state index in [4.69, 9.17) is 11.6 Å². The molecule has 0 saturated heterocycles. The summed E-state index contributed by atoms with van der Waals surface area (Å²) in [6.45, 7) is 2.81. The Labute approximate surface area is 125 Å². The molecule has 0 aliphatic heterocycles. The Morgan fingerprint density at radius 3 is 2.75 bits per heavy atom. The number of hydrogen-bond acceptors (Lipinski definition) is 4. The van der Waals surface area contributed by atoms with E-state index >= 15 is 0 Å². The number of aliphatic hydroxyl groups is 1. The van der Waals surface area contributed by atoms with Gasteiger partial charge in [-0.2, -0.15) is 0 Å². The largest absolute Gasteiger partial charge is 0.393 e. The third-order valence-electron chi connectivity index (χ3n) is 4.36. The highest BCUT2D eigenvalue weighted by molar-refractivity contribution is 6.30. The van der Waals surface area contributed by atoms with Crippen molar-refractivity contribution in [2.45, 2.75) is 57.5 Å². The van der Waals surface area contributed by atoms with E-state index in [-0.39, 0.29) is 6.10 Å². The Balaban J connectivity index is 1.66. The summed E-state index contributed by atoms with van der Waals surface area (Å²) in [6, 6.07) is 0. The number of rotatable bonds is 4. The van der Waals surface area contributed by atoms with Gasteiger partial charge in [-0.1, -0.05) is 18.0 Å². The van der Waals surface area contributed by atoms with Crippen LogP contribution in [0.3, 0.4) is 0 Å². The van der Waals surface area contributed by atoms with Crippen molar-refractivity contribution in [1.29, 1.82) is 0 Å². The van der Waals surface area contributed by atoms with Crippen molar-refractivity contribution in [2.75, 3.05) is 11.9 Å². The van der Waals surface area contributed by atoms with Crippen molar-refractivity contribution in [2.24, 2.45) is 5.92 Å². The molecule has 1 aromatic rings. The number of nitrogens with zero attached hydrogens (tertiary/aromatic N) is 2. The smallest absolute Gasteiger partial charge is 0.137 e. The molecule has 2 aliphatic carbocycles. The normalized spacial score (nSPS) is 26.6. The monoisotopic (exact) mass is 295 g/mol. The van der Waals surface area contributed by atoms with Crippen LogP contribution in [0.4, 0.5) is 5.82 Å². The molecule has 2 saturated carbocycles. The van der Waals surface area contributed by atoms with E-state index in [1.165, 1.54) is 19.3 Å². The summed E-state index contributed by atoms with van der Waals surface area (Å²) >= 11 is 6.20. The van der Waals surface area contributed by atoms with E-state index < -0.39 is 0 Å². The molecule has 3 rings (SSSR count). The van der Waals surface area contributed by atoms with Crippen LogP contribution >= 0.6 is 11.6 Å². The highest BCUT2D eigenvalue weighted by Crippen LogP contribution is 2.39. The summed E-state index contributed by atoms with van der Waals surface area (Å²) in [7, 11) is 0. The first-order chi connectivity index (χ1) is 9.63. The molecule has 0 aromatic carbocycles. The summed E-state index contributed by atoms with van der Waals surface area (Å²) in [6.07, 6.45) is 6.34. The van der Waals surface area contributed by atoms with Crippen LogP contribution in [-0.2, 0) is 0 Å². The fraction of sp³-hybridized carbons (Fsp3) is 0.733. The van der Waals surface area contributed by atoms with Gasteiger partial charge in [-0.15, -0.1) is 0 Å². The summed E-state index contributed by atoms with van der Waals surface area (Å²) < 4.78 is 0. The van der Waals surface area contributed by atoms with Gasteiger partial charge >= 0.3 is 0 Å². The number of halogens is 1. The SMILES string of the molecule is Cc1c(Cl)nc(C2CC2)nc1NCC1CCCC(O)C1. The van der Waals surface area contributed by atoms with Gasteiger partial charge in [0.05, 0.1) is 6.10 Å². The van der Waals surface area contributed by atoms with E-state index in [1.54, 1.807) is 0 Å². The Morgan fingerprint density at radius 1 is 1.25 bits per heavy atom. The maximum Gasteiger partial charge on any atom is 0.137 e. The fourth-order valence-electron chi connectivity index (χ4n) is 2.89. The van der Waals surface area contributed by atoms with Crippen LogP contribution in [-0.4, -0.2) is 27.7 Å². The zero-order valence-electron chi connectivity index (χ0n) is 11.9. The number of aromatic nitrogens is 2. The van der Waals surface area contributed by atoms with Crippen molar-refractivity contribution in [3.8, 4) is 0 Å². The highest BCUT2D eigenvalue weighted by atomic mass is 35.5. The molecule has 5 heteroatoms. The van der Waals surface area contributed by atoms with E-state index in [0.717, 1.165) is 43.0 Å². The number of aliphatic hydroxyl groups excluding tert-OH is 1. The minimum absolute atomic E-state index is 0.132. The van der Waals surface area contributed by atoms with Gasteiger partial charge in [0.1, 0.15) is 16.8 Å². The second kappa shape index (κ2) is 5.86. The van der Waals surface area contributed by atoms with Gasteiger partial charge in [0.2, 0.25) is 0 Å². The summed E-state index contributed by atoms with van der Waals surface area (Å²) in [5, 5.41) is 13.7. The second-order valence-corrected chi connectivity index (χ2v) is 6.55. The molecule has 0 spiro atoms. The zero-order valence-corrected chi connectivity index (χ0v) is 12.7. The van der Waals surface area contributed by atoms with Gasteiger partial charge < -0.3 is 10.4 Å². The van der Waals surface area contributed by atoms with Gasteiger partial charge in [0.25, 0.3) is 0 Å². The summed E-state index contributed by atoms with van der Waals surface area (Å²) in [4.78, 5) is 9.01. The molecular weight excluding hydrogens is 274 g/mol. The van der Waals surface area contributed by atoms with Crippen LogP contribution in [0.2, 0.25) is 5.15 Å². The fourth-order valence-corrected chi connectivity index (χ4v) is 3.07. The Kier molecular flexibility index (Phi) is 4.13. The van der Waals surface area contributed by atoms with Crippen LogP contribution in [0.1, 0.15) is 55.8 Å². The minimum atomic E-state index is -0.132. The molecule has 0 radical (unpaired) electrons. The van der Waals surface area contributed by atoms with Gasteiger partial charge in [0, 0.05) is 18.0 Å². The maximum atomic E-state index is 9.73. The van der Waals surface area contributed by atoms with Crippen LogP contribution in [0.15, 0.2) is 0 Å². The van der Waals surface area contributed by atoms with Gasteiger partial charge in [-0.25, -0.2) is 9.97 Å². The Morgan fingerprint density at radius 2 is 2.05 bits per heavy atom. The molecule has 2 atom stereocenters. The van der Waals surface area contributed by atoms with Gasteiger partial charge in [-0.05, 0) is 44.9 Å². The molecule has 110 valence electrons. The van der Waals surface area contributed by atoms with Crippen molar-refractivity contribution >= 4 is 17.4 Å². The Hall–Kier alpha value is -0.870. The van der Waals surface area contributed by atoms with E-state index in [9.17, 15) is 5.11 Å². The zero-order chi connectivity index (χ0) is 14.1. The molecule has 2 N–H and O–H groups in total. The minimum Gasteiger partial charge on any atom is -0.393 e. The molecule has 2 fully saturated rings. The molecule has 4 nitrogen and oxygen atoms in total. The summed E-state index contributed by atoms with van der Waals surface area (Å²) in [5.41, 5.74) is 0.924. The molecule has 2 unspecified atom stereocenters. The van der Waals surface area contributed by atoms with Crippen molar-refractivity contribution < 1.29 is 5.11 Å². The predicted molar refractivity (Wildman–Crippen MR) is 80.2 cm³/mol. The van der Waals surface area contributed by atoms with Crippen molar-refractivity contribution in [3.05, 3.63) is 16.5 Å². The highest BCUT2D eigenvalue weighted by Gasteiger charge is 2.28. The van der Waals surface area contributed by atoms with Crippen molar-refractivity contribution in [3.63, 3.8) is 0 Å². The lowest BCUT2D eigenvalue weighted by Gasteiger charge is -2.26. The first-order valence-corrected chi connectivity index (χ1v) is 7.97. The molecule has 20 heavy (non-hydrogen) atoms. The molecule has 0 amide bonds. The lowest BCUT2D eigenvalue weighted by molar-refractivity contribution is 0.104. The third-order valence-corrected chi connectivity index (χ3v) is 4.73. The average molecular weight is 296 g/mol. The molecule has 2 aliphatic rings. The number of anilines is 1. The predicted octanol–water partition coefficient (Wildman–Crippen LogP) is 3.28. The number of nitrogens with one attached hydrogen (secondary N) is 1. The molecule has 0 bridgehead atoms. The lowest BCUT2D eigenvalue weighted by Crippen LogP contribution is -2.25. The molecular formula is C15H22ClN3O. The maximum absolute atomic E-state index is 9.73. The van der Waals surface area contributed by atoms with E-state index in [0.29, 0.717) is 17.0 Å². The molecule has 1 aromatic heterocycles. The first-order valence-electron chi connectivity index (χ1n) is 7.59. The summed E-state index contributed by atoms with van der Waals surface area (Å²) in [5.74, 6) is 2.78. The lowest BCUT2D eigenvalue weighted by atomic mass is 9.87. The van der Waals surface area contributed by atoms with Crippen molar-refractivity contribution in [1.82, 2.24) is 9.97 Å². The van der Waals surface area contributed by atoms with Crippen LogP contribution in [0.5, 0.6) is 0 Å². The van der Waals surface area contributed by atoms with Gasteiger partial charge in [0.15, 0.2) is 0 Å². The number of hydrogen-bond donors (Lipinski definition) is 2. The topological polar surface area (TPSA) is 58.0 Å². The first kappa shape index (κ1) is 14.1. The van der Waals surface area contributed by atoms with Crippen LogP contribution in [0.25, 0.3) is 0 Å².